The van der Waals surface area contributed by atoms with E-state index in [0.29, 0.717) is 13.2 Å². The summed E-state index contributed by atoms with van der Waals surface area (Å²) in [5.41, 5.74) is 2.18. The number of halogens is 1. The maximum atomic E-state index is 13.0. The first-order chi connectivity index (χ1) is 13.2. The molecule has 0 saturated carbocycles. The van der Waals surface area contributed by atoms with Crippen LogP contribution < -0.4 is 9.47 Å². The van der Waals surface area contributed by atoms with Crippen LogP contribution in [0.25, 0.3) is 0 Å². The number of hydrogen-bond donors (Lipinski definition) is 0. The predicted molar refractivity (Wildman–Crippen MR) is 104 cm³/mol. The van der Waals surface area contributed by atoms with Crippen LogP contribution in [-0.2, 0) is 17.8 Å². The summed E-state index contributed by atoms with van der Waals surface area (Å²) in [5, 5.41) is 0. The molecule has 0 amide bonds. The largest absolute Gasteiger partial charge is 0.490 e. The minimum Gasteiger partial charge on any atom is -0.490 e. The van der Waals surface area contributed by atoms with Crippen molar-refractivity contribution in [3.63, 3.8) is 0 Å². The van der Waals surface area contributed by atoms with Gasteiger partial charge in [0.05, 0.1) is 19.8 Å². The van der Waals surface area contributed by atoms with Gasteiger partial charge >= 0.3 is 0 Å². The summed E-state index contributed by atoms with van der Waals surface area (Å²) in [6.07, 6.45) is 2.12. The van der Waals surface area contributed by atoms with Crippen molar-refractivity contribution in [1.29, 1.82) is 0 Å². The van der Waals surface area contributed by atoms with Gasteiger partial charge < -0.3 is 14.2 Å². The van der Waals surface area contributed by atoms with Crippen LogP contribution in [0.15, 0.2) is 42.5 Å². The zero-order valence-corrected chi connectivity index (χ0v) is 16.0. The average Bonchev–Trinajstić information content (AvgIpc) is 2.70. The van der Waals surface area contributed by atoms with Gasteiger partial charge in [0.15, 0.2) is 11.5 Å². The van der Waals surface area contributed by atoms with Crippen LogP contribution in [0.1, 0.15) is 24.5 Å². The predicted octanol–water partition coefficient (Wildman–Crippen LogP) is 4.07. The Kier molecular flexibility index (Phi) is 7.48. The van der Waals surface area contributed by atoms with E-state index < -0.39 is 0 Å². The molecule has 0 bridgehead atoms. The highest BCUT2D eigenvalue weighted by atomic mass is 19.1. The van der Waals surface area contributed by atoms with E-state index in [0.717, 1.165) is 62.8 Å². The molecule has 0 spiro atoms. The molecule has 0 atom stereocenters. The molecule has 146 valence electrons. The van der Waals surface area contributed by atoms with Crippen molar-refractivity contribution in [3.8, 4) is 11.5 Å². The van der Waals surface area contributed by atoms with Crippen LogP contribution in [0.5, 0.6) is 11.5 Å². The lowest BCUT2D eigenvalue weighted by atomic mass is 10.1. The summed E-state index contributed by atoms with van der Waals surface area (Å²) in [6, 6.07) is 12.5. The fraction of sp³-hybridized carbons (Fsp3) is 0.455. The second kappa shape index (κ2) is 10.3. The lowest BCUT2D eigenvalue weighted by Gasteiger charge is -2.26. The SMILES string of the molecule is CCOc1cc(CCCN2CCOCC2)ccc1OCc1ccc(F)cc1. The number of rotatable bonds is 9. The molecule has 0 N–H and O–H groups in total. The Balaban J connectivity index is 1.55. The molecule has 0 unspecified atom stereocenters. The molecule has 1 aliphatic rings. The zero-order chi connectivity index (χ0) is 18.9. The Bertz CT molecular complexity index is 699. The number of morpholine rings is 1. The van der Waals surface area contributed by atoms with E-state index in [1.807, 2.05) is 13.0 Å². The third-order valence-electron chi connectivity index (χ3n) is 4.66. The Morgan fingerprint density at radius 2 is 1.70 bits per heavy atom. The standard InChI is InChI=1S/C22H28FNO3/c1-2-26-22-16-18(4-3-11-24-12-14-25-15-13-24)7-10-21(22)27-17-19-5-8-20(23)9-6-19/h5-10,16H,2-4,11-15,17H2,1H3. The van der Waals surface area contributed by atoms with Gasteiger partial charge in [-0.25, -0.2) is 4.39 Å². The van der Waals surface area contributed by atoms with Crippen LogP contribution in [0.3, 0.4) is 0 Å². The van der Waals surface area contributed by atoms with Gasteiger partial charge in [0.2, 0.25) is 0 Å². The third-order valence-corrected chi connectivity index (χ3v) is 4.66. The van der Waals surface area contributed by atoms with Gasteiger partial charge in [-0.3, -0.25) is 4.90 Å². The van der Waals surface area contributed by atoms with E-state index in [4.69, 9.17) is 14.2 Å². The van der Waals surface area contributed by atoms with Crippen LogP contribution >= 0.6 is 0 Å². The molecular weight excluding hydrogens is 345 g/mol. The Labute approximate surface area is 160 Å². The summed E-state index contributed by atoms with van der Waals surface area (Å²) in [7, 11) is 0. The van der Waals surface area contributed by atoms with Gasteiger partial charge in [-0.15, -0.1) is 0 Å². The fourth-order valence-corrected chi connectivity index (χ4v) is 3.17. The van der Waals surface area contributed by atoms with Gasteiger partial charge in [0.1, 0.15) is 12.4 Å². The van der Waals surface area contributed by atoms with Gasteiger partial charge in [0.25, 0.3) is 0 Å². The van der Waals surface area contributed by atoms with Gasteiger partial charge in [-0.05, 0) is 61.7 Å². The zero-order valence-electron chi connectivity index (χ0n) is 16.0. The lowest BCUT2D eigenvalue weighted by Crippen LogP contribution is -2.36. The van der Waals surface area contributed by atoms with Crippen molar-refractivity contribution in [1.82, 2.24) is 4.90 Å². The number of hydrogen-bond acceptors (Lipinski definition) is 4. The maximum Gasteiger partial charge on any atom is 0.161 e. The molecule has 0 aliphatic carbocycles. The minimum atomic E-state index is -0.241. The van der Waals surface area contributed by atoms with E-state index in [2.05, 4.69) is 17.0 Å². The summed E-state index contributed by atoms with van der Waals surface area (Å²) >= 11 is 0. The number of nitrogens with zero attached hydrogens (tertiary/aromatic N) is 1. The maximum absolute atomic E-state index is 13.0. The van der Waals surface area contributed by atoms with Gasteiger partial charge in [-0.1, -0.05) is 18.2 Å². The van der Waals surface area contributed by atoms with E-state index in [9.17, 15) is 4.39 Å². The lowest BCUT2D eigenvalue weighted by molar-refractivity contribution is 0.0374. The molecule has 2 aromatic rings. The normalized spacial score (nSPS) is 14.9. The van der Waals surface area contributed by atoms with E-state index in [-0.39, 0.29) is 5.82 Å². The van der Waals surface area contributed by atoms with Crippen molar-refractivity contribution in [2.75, 3.05) is 39.5 Å². The van der Waals surface area contributed by atoms with E-state index >= 15 is 0 Å². The Morgan fingerprint density at radius 1 is 0.963 bits per heavy atom. The first-order valence-electron chi connectivity index (χ1n) is 9.67. The van der Waals surface area contributed by atoms with Crippen LogP contribution in [0, 0.1) is 5.82 Å². The van der Waals surface area contributed by atoms with Crippen LogP contribution in [0.4, 0.5) is 4.39 Å². The molecule has 3 rings (SSSR count). The molecule has 1 aliphatic heterocycles. The summed E-state index contributed by atoms with van der Waals surface area (Å²) in [5.74, 6) is 1.25. The highest BCUT2D eigenvalue weighted by Gasteiger charge is 2.11. The molecule has 0 aromatic heterocycles. The fourth-order valence-electron chi connectivity index (χ4n) is 3.17. The van der Waals surface area contributed by atoms with E-state index in [1.165, 1.54) is 17.7 Å². The minimum absolute atomic E-state index is 0.241. The second-order valence-corrected chi connectivity index (χ2v) is 6.69. The van der Waals surface area contributed by atoms with Gasteiger partial charge in [0, 0.05) is 13.1 Å². The summed E-state index contributed by atoms with van der Waals surface area (Å²) in [4.78, 5) is 2.45. The average molecular weight is 373 g/mol. The number of benzene rings is 2. The smallest absolute Gasteiger partial charge is 0.161 e. The quantitative estimate of drug-likeness (QED) is 0.663. The summed E-state index contributed by atoms with van der Waals surface area (Å²) < 4.78 is 30.1. The highest BCUT2D eigenvalue weighted by Crippen LogP contribution is 2.30. The Hall–Kier alpha value is -2.11. The van der Waals surface area contributed by atoms with Gasteiger partial charge in [-0.2, -0.15) is 0 Å². The molecule has 27 heavy (non-hydrogen) atoms. The number of ether oxygens (including phenoxy) is 3. The first-order valence-corrected chi connectivity index (χ1v) is 9.67. The van der Waals surface area contributed by atoms with Crippen molar-refractivity contribution in [2.24, 2.45) is 0 Å². The molecule has 0 radical (unpaired) electrons. The highest BCUT2D eigenvalue weighted by molar-refractivity contribution is 5.43. The topological polar surface area (TPSA) is 30.9 Å². The number of aryl methyl sites for hydroxylation is 1. The van der Waals surface area contributed by atoms with Crippen LogP contribution in [-0.4, -0.2) is 44.4 Å². The van der Waals surface area contributed by atoms with Crippen molar-refractivity contribution in [2.45, 2.75) is 26.4 Å². The molecule has 1 heterocycles. The molecule has 4 nitrogen and oxygen atoms in total. The Morgan fingerprint density at radius 3 is 2.44 bits per heavy atom. The monoisotopic (exact) mass is 373 g/mol. The molecule has 5 heteroatoms. The van der Waals surface area contributed by atoms with E-state index in [1.54, 1.807) is 12.1 Å². The molecule has 1 saturated heterocycles. The van der Waals surface area contributed by atoms with Crippen molar-refractivity contribution < 1.29 is 18.6 Å². The van der Waals surface area contributed by atoms with Crippen molar-refractivity contribution >= 4 is 0 Å². The second-order valence-electron chi connectivity index (χ2n) is 6.69. The van der Waals surface area contributed by atoms with Crippen molar-refractivity contribution in [3.05, 3.63) is 59.4 Å². The molecule has 1 fully saturated rings. The molecular formula is C22H28FNO3. The summed E-state index contributed by atoms with van der Waals surface area (Å²) in [6.45, 7) is 7.77. The van der Waals surface area contributed by atoms with Crippen LogP contribution in [0.2, 0.25) is 0 Å². The third kappa shape index (κ3) is 6.22. The first kappa shape index (κ1) is 19.6. The molecule has 2 aromatic carbocycles.